The lowest BCUT2D eigenvalue weighted by atomic mass is 9.99. The molecule has 0 aromatic carbocycles. The van der Waals surface area contributed by atoms with Gasteiger partial charge in [-0.3, -0.25) is 15.0 Å². The van der Waals surface area contributed by atoms with Gasteiger partial charge in [0, 0.05) is 38.9 Å². The lowest BCUT2D eigenvalue weighted by Crippen LogP contribution is -2.60. The number of alkyl halides is 3. The monoisotopic (exact) mass is 473 g/mol. The van der Waals surface area contributed by atoms with E-state index >= 15 is 0 Å². The number of aryl methyl sites for hydroxylation is 1. The summed E-state index contributed by atoms with van der Waals surface area (Å²) in [5.74, 6) is -2.55. The Hall–Kier alpha value is -2.44. The zero-order valence-electron chi connectivity index (χ0n) is 18.7. The molecule has 3 rings (SSSR count). The molecule has 33 heavy (non-hydrogen) atoms. The minimum absolute atomic E-state index is 0.0167. The van der Waals surface area contributed by atoms with Crippen molar-refractivity contribution in [2.45, 2.75) is 38.7 Å². The summed E-state index contributed by atoms with van der Waals surface area (Å²) in [6, 6.07) is 3.97. The van der Waals surface area contributed by atoms with Gasteiger partial charge in [0.1, 0.15) is 5.82 Å². The van der Waals surface area contributed by atoms with E-state index in [0.29, 0.717) is 26.2 Å². The first kappa shape index (κ1) is 25.2. The maximum Gasteiger partial charge on any atom is 0.403 e. The van der Waals surface area contributed by atoms with E-state index in [1.807, 2.05) is 30.7 Å². The molecule has 0 bridgehead atoms. The van der Waals surface area contributed by atoms with Crippen LogP contribution in [0.2, 0.25) is 0 Å². The number of pyridine rings is 1. The number of carbonyl (C=O) groups is 2. The largest absolute Gasteiger partial charge is 0.403 e. The summed E-state index contributed by atoms with van der Waals surface area (Å²) in [7, 11) is 0. The molecule has 2 unspecified atom stereocenters. The highest BCUT2D eigenvalue weighted by atomic mass is 19.4. The first-order valence-corrected chi connectivity index (χ1v) is 10.9. The summed E-state index contributed by atoms with van der Waals surface area (Å²) in [4.78, 5) is 32.3. The molecule has 0 radical (unpaired) electrons. The van der Waals surface area contributed by atoms with Crippen LogP contribution < -0.4 is 15.8 Å². The quantitative estimate of drug-likeness (QED) is 0.545. The molecular formula is C21H30F3N5O4. The molecule has 1 aromatic heterocycles. The van der Waals surface area contributed by atoms with Crippen LogP contribution in [-0.4, -0.2) is 86.0 Å². The van der Waals surface area contributed by atoms with Gasteiger partial charge in [-0.2, -0.15) is 13.2 Å². The number of rotatable bonds is 8. The number of carbonyl (C=O) groups excluding carboxylic acids is 2. The highest BCUT2D eigenvalue weighted by Gasteiger charge is 2.52. The molecule has 9 nitrogen and oxygen atoms in total. The van der Waals surface area contributed by atoms with Crippen LogP contribution in [0.5, 0.6) is 0 Å². The van der Waals surface area contributed by atoms with E-state index in [-0.39, 0.29) is 32.1 Å². The van der Waals surface area contributed by atoms with Gasteiger partial charge in [0.25, 0.3) is 0 Å². The van der Waals surface area contributed by atoms with Crippen LogP contribution in [0.15, 0.2) is 18.3 Å². The summed E-state index contributed by atoms with van der Waals surface area (Å²) < 4.78 is 50.3. The van der Waals surface area contributed by atoms with Gasteiger partial charge in [0.15, 0.2) is 5.92 Å². The highest BCUT2D eigenvalue weighted by molar-refractivity contribution is 5.80. The van der Waals surface area contributed by atoms with Gasteiger partial charge in [0.2, 0.25) is 11.8 Å². The maximum atomic E-state index is 13.2. The topological polar surface area (TPSA) is 96.0 Å². The molecule has 3 heterocycles. The van der Waals surface area contributed by atoms with Crippen molar-refractivity contribution in [3.63, 3.8) is 0 Å². The van der Waals surface area contributed by atoms with Crippen molar-refractivity contribution in [2.75, 3.05) is 50.8 Å². The summed E-state index contributed by atoms with van der Waals surface area (Å²) in [5, 5.41) is 0. The molecule has 0 saturated carbocycles. The third-order valence-corrected chi connectivity index (χ3v) is 5.59. The number of anilines is 1. The number of ether oxygens (including phenoxy) is 2. The molecular weight excluding hydrogens is 443 g/mol. The van der Waals surface area contributed by atoms with E-state index < -0.39 is 30.2 Å². The standard InChI is InChI=1S/C21H30F3N5O4/c1-14-3-4-17(25-11-14)28-6-8-29(9-7-28)18(30)5-10-32-13-15(2)33-16-12-26-27-20(31)19(16)21(22,23)24/h3-4,11,15-16,19,26H,5-10,12-13H2,1-2H3,(H,27,31)/t15-,16?,19?/m0/s1. The number of amides is 2. The van der Waals surface area contributed by atoms with Crippen molar-refractivity contribution in [3.8, 4) is 0 Å². The van der Waals surface area contributed by atoms with Crippen LogP contribution in [0.1, 0.15) is 18.9 Å². The predicted molar refractivity (Wildman–Crippen MR) is 113 cm³/mol. The van der Waals surface area contributed by atoms with Crippen LogP contribution in [0.4, 0.5) is 19.0 Å². The minimum atomic E-state index is -4.70. The molecule has 0 spiro atoms. The van der Waals surface area contributed by atoms with Crippen LogP contribution in [0.3, 0.4) is 0 Å². The molecule has 12 heteroatoms. The molecule has 2 amide bonds. The molecule has 1 aromatic rings. The average molecular weight is 473 g/mol. The predicted octanol–water partition coefficient (Wildman–Crippen LogP) is 1.03. The van der Waals surface area contributed by atoms with E-state index in [9.17, 15) is 22.8 Å². The second kappa shape index (κ2) is 11.1. The fourth-order valence-corrected chi connectivity index (χ4v) is 3.83. The maximum absolute atomic E-state index is 13.2. The van der Waals surface area contributed by atoms with Crippen LogP contribution in [0, 0.1) is 12.8 Å². The third kappa shape index (κ3) is 7.02. The van der Waals surface area contributed by atoms with Crippen molar-refractivity contribution in [3.05, 3.63) is 23.9 Å². The van der Waals surface area contributed by atoms with Gasteiger partial charge in [-0.1, -0.05) is 6.07 Å². The molecule has 0 aliphatic carbocycles. The highest BCUT2D eigenvalue weighted by Crippen LogP contribution is 2.32. The van der Waals surface area contributed by atoms with Gasteiger partial charge < -0.3 is 19.3 Å². The van der Waals surface area contributed by atoms with Crippen molar-refractivity contribution in [1.29, 1.82) is 0 Å². The lowest BCUT2D eigenvalue weighted by molar-refractivity contribution is -0.219. The number of hydrazine groups is 1. The van der Waals surface area contributed by atoms with Crippen LogP contribution in [-0.2, 0) is 19.1 Å². The summed E-state index contributed by atoms with van der Waals surface area (Å²) in [5.41, 5.74) is 5.48. The zero-order valence-corrected chi connectivity index (χ0v) is 18.7. The number of nitrogens with one attached hydrogen (secondary N) is 2. The molecule has 2 N–H and O–H groups in total. The van der Waals surface area contributed by atoms with Gasteiger partial charge in [-0.25, -0.2) is 10.4 Å². The summed E-state index contributed by atoms with van der Waals surface area (Å²) in [6.45, 7) is 6.10. The van der Waals surface area contributed by atoms with E-state index in [2.05, 4.69) is 15.3 Å². The van der Waals surface area contributed by atoms with Crippen LogP contribution in [0.25, 0.3) is 0 Å². The SMILES string of the molecule is Cc1ccc(N2CCN(C(=O)CCOC[C@H](C)OC3CNNC(=O)C3C(F)(F)F)CC2)nc1. The van der Waals surface area contributed by atoms with Crippen molar-refractivity contribution in [1.82, 2.24) is 20.7 Å². The lowest BCUT2D eigenvalue weighted by Gasteiger charge is -2.35. The molecule has 3 atom stereocenters. The number of hydrogen-bond acceptors (Lipinski definition) is 7. The van der Waals surface area contributed by atoms with E-state index in [1.165, 1.54) is 0 Å². The molecule has 2 fully saturated rings. The summed E-state index contributed by atoms with van der Waals surface area (Å²) >= 11 is 0. The second-order valence-corrected chi connectivity index (χ2v) is 8.26. The van der Waals surface area contributed by atoms with Crippen molar-refractivity contribution in [2.24, 2.45) is 5.92 Å². The van der Waals surface area contributed by atoms with Crippen LogP contribution >= 0.6 is 0 Å². The Bertz CT molecular complexity index is 800. The number of hydrogen-bond donors (Lipinski definition) is 2. The molecule has 2 saturated heterocycles. The Balaban J connectivity index is 1.34. The van der Waals surface area contributed by atoms with E-state index in [0.717, 1.165) is 11.4 Å². The fraction of sp³-hybridized carbons (Fsp3) is 0.667. The Morgan fingerprint density at radius 1 is 1.27 bits per heavy atom. The summed E-state index contributed by atoms with van der Waals surface area (Å²) in [6.07, 6.45) is -4.73. The number of aromatic nitrogens is 1. The third-order valence-electron chi connectivity index (χ3n) is 5.59. The Labute approximate surface area is 190 Å². The van der Waals surface area contributed by atoms with E-state index in [4.69, 9.17) is 9.47 Å². The minimum Gasteiger partial charge on any atom is -0.378 e. The Morgan fingerprint density at radius 2 is 2.00 bits per heavy atom. The normalized spacial score (nSPS) is 22.8. The Morgan fingerprint density at radius 3 is 2.64 bits per heavy atom. The van der Waals surface area contributed by atoms with E-state index in [1.54, 1.807) is 11.8 Å². The first-order valence-electron chi connectivity index (χ1n) is 10.9. The van der Waals surface area contributed by atoms with Gasteiger partial charge in [-0.05, 0) is 25.5 Å². The van der Waals surface area contributed by atoms with Crippen molar-refractivity contribution < 1.29 is 32.2 Å². The second-order valence-electron chi connectivity index (χ2n) is 8.26. The zero-order chi connectivity index (χ0) is 24.0. The Kier molecular flexibility index (Phi) is 8.49. The molecule has 2 aliphatic heterocycles. The van der Waals surface area contributed by atoms with Gasteiger partial charge in [0.05, 0.1) is 31.8 Å². The van der Waals surface area contributed by atoms with Crippen molar-refractivity contribution >= 4 is 17.6 Å². The smallest absolute Gasteiger partial charge is 0.378 e. The van der Waals surface area contributed by atoms with Gasteiger partial charge >= 0.3 is 6.18 Å². The number of piperazine rings is 1. The molecule has 2 aliphatic rings. The molecule has 184 valence electrons. The number of nitrogens with zero attached hydrogens (tertiary/aromatic N) is 3. The van der Waals surface area contributed by atoms with Gasteiger partial charge in [-0.15, -0.1) is 0 Å². The fourth-order valence-electron chi connectivity index (χ4n) is 3.83. The average Bonchev–Trinajstić information content (AvgIpc) is 2.76. The number of halogens is 3. The first-order chi connectivity index (χ1) is 15.6.